The zero-order valence-corrected chi connectivity index (χ0v) is 13.2. The average Bonchev–Trinajstić information content (AvgIpc) is 2.93. The SMILES string of the molecule is CN(C)c1nnc(SCCOc2ccc(CN)cc2)s1. The number of hydrogen-bond acceptors (Lipinski definition) is 7. The fourth-order valence-corrected chi connectivity index (χ4v) is 3.10. The second-order valence-electron chi connectivity index (χ2n) is 4.29. The van der Waals surface area contributed by atoms with E-state index in [4.69, 9.17) is 10.5 Å². The summed E-state index contributed by atoms with van der Waals surface area (Å²) in [5, 5.41) is 9.14. The molecule has 0 aliphatic rings. The molecule has 1 heterocycles. The van der Waals surface area contributed by atoms with Crippen LogP contribution in [0.5, 0.6) is 5.75 Å². The van der Waals surface area contributed by atoms with Gasteiger partial charge in [-0.05, 0) is 17.7 Å². The highest BCUT2D eigenvalue weighted by atomic mass is 32.2. The quantitative estimate of drug-likeness (QED) is 0.625. The van der Waals surface area contributed by atoms with Crippen LogP contribution in [0.15, 0.2) is 28.6 Å². The number of anilines is 1. The first-order valence-corrected chi connectivity index (χ1v) is 8.04. The highest BCUT2D eigenvalue weighted by Gasteiger charge is 2.05. The molecule has 20 heavy (non-hydrogen) atoms. The Labute approximate surface area is 127 Å². The number of nitrogens with zero attached hydrogens (tertiary/aromatic N) is 3. The van der Waals surface area contributed by atoms with Crippen molar-refractivity contribution >= 4 is 28.2 Å². The lowest BCUT2D eigenvalue weighted by atomic mass is 10.2. The fourth-order valence-electron chi connectivity index (χ4n) is 1.45. The summed E-state index contributed by atoms with van der Waals surface area (Å²) in [5.74, 6) is 1.72. The molecule has 0 bridgehead atoms. The van der Waals surface area contributed by atoms with E-state index < -0.39 is 0 Å². The first kappa shape index (κ1) is 15.1. The van der Waals surface area contributed by atoms with Crippen molar-refractivity contribution in [1.29, 1.82) is 0 Å². The maximum atomic E-state index is 5.67. The summed E-state index contributed by atoms with van der Waals surface area (Å²) >= 11 is 3.25. The third-order valence-electron chi connectivity index (χ3n) is 2.52. The number of thioether (sulfide) groups is 1. The third-order valence-corrected chi connectivity index (χ3v) is 4.70. The van der Waals surface area contributed by atoms with Crippen molar-refractivity contribution in [2.75, 3.05) is 31.4 Å². The molecule has 0 radical (unpaired) electrons. The van der Waals surface area contributed by atoms with Gasteiger partial charge in [0, 0.05) is 26.4 Å². The summed E-state index contributed by atoms with van der Waals surface area (Å²) in [4.78, 5) is 1.96. The van der Waals surface area contributed by atoms with E-state index in [0.29, 0.717) is 13.2 Å². The molecule has 0 saturated carbocycles. The number of hydrogen-bond donors (Lipinski definition) is 1. The van der Waals surface area contributed by atoms with Crippen LogP contribution in [-0.2, 0) is 6.54 Å². The van der Waals surface area contributed by atoms with Crippen LogP contribution in [0, 0.1) is 0 Å². The van der Waals surface area contributed by atoms with Gasteiger partial charge < -0.3 is 15.4 Å². The van der Waals surface area contributed by atoms with Crippen LogP contribution in [-0.4, -0.2) is 36.7 Å². The molecule has 0 aliphatic heterocycles. The van der Waals surface area contributed by atoms with Crippen molar-refractivity contribution in [3.8, 4) is 5.75 Å². The second kappa shape index (κ2) is 7.47. The summed E-state index contributed by atoms with van der Waals surface area (Å²) in [6.45, 7) is 1.20. The smallest absolute Gasteiger partial charge is 0.208 e. The normalized spacial score (nSPS) is 10.6. The Morgan fingerprint density at radius 3 is 2.60 bits per heavy atom. The molecule has 5 nitrogen and oxygen atoms in total. The molecule has 7 heteroatoms. The van der Waals surface area contributed by atoms with E-state index in [1.54, 1.807) is 23.1 Å². The van der Waals surface area contributed by atoms with E-state index in [9.17, 15) is 0 Å². The minimum Gasteiger partial charge on any atom is -0.493 e. The third kappa shape index (κ3) is 4.36. The Kier molecular flexibility index (Phi) is 5.63. The van der Waals surface area contributed by atoms with Crippen LogP contribution in [0.1, 0.15) is 5.56 Å². The molecule has 0 fully saturated rings. The molecule has 1 aromatic carbocycles. The van der Waals surface area contributed by atoms with E-state index >= 15 is 0 Å². The van der Waals surface area contributed by atoms with E-state index in [1.165, 1.54) is 0 Å². The summed E-state index contributed by atoms with van der Waals surface area (Å²) in [5.41, 5.74) is 6.66. The predicted molar refractivity (Wildman–Crippen MR) is 84.8 cm³/mol. The number of aromatic nitrogens is 2. The minimum absolute atomic E-state index is 0.557. The molecule has 0 atom stereocenters. The summed E-state index contributed by atoms with van der Waals surface area (Å²) < 4.78 is 6.63. The Hall–Kier alpha value is -1.31. The van der Waals surface area contributed by atoms with Gasteiger partial charge in [-0.15, -0.1) is 10.2 Å². The predicted octanol–water partition coefficient (Wildman–Crippen LogP) is 2.23. The van der Waals surface area contributed by atoms with E-state index in [-0.39, 0.29) is 0 Å². The number of benzene rings is 1. The summed E-state index contributed by atoms with van der Waals surface area (Å²) in [7, 11) is 3.92. The summed E-state index contributed by atoms with van der Waals surface area (Å²) in [6.07, 6.45) is 0. The average molecular weight is 310 g/mol. The van der Waals surface area contributed by atoms with Crippen molar-refractivity contribution < 1.29 is 4.74 Å². The Morgan fingerprint density at radius 1 is 1.25 bits per heavy atom. The maximum Gasteiger partial charge on any atom is 0.208 e. The molecule has 2 aromatic rings. The zero-order valence-electron chi connectivity index (χ0n) is 11.6. The molecule has 108 valence electrons. The van der Waals surface area contributed by atoms with Crippen molar-refractivity contribution in [2.45, 2.75) is 10.9 Å². The van der Waals surface area contributed by atoms with Gasteiger partial charge in [-0.1, -0.05) is 35.2 Å². The molecule has 0 saturated heterocycles. The van der Waals surface area contributed by atoms with Gasteiger partial charge in [0.25, 0.3) is 0 Å². The molecule has 2 N–H and O–H groups in total. The molecule has 0 unspecified atom stereocenters. The van der Waals surface area contributed by atoms with Crippen LogP contribution >= 0.6 is 23.1 Å². The lowest BCUT2D eigenvalue weighted by Gasteiger charge is -2.05. The Bertz CT molecular complexity index is 527. The molecular weight excluding hydrogens is 292 g/mol. The number of rotatable bonds is 7. The van der Waals surface area contributed by atoms with Crippen molar-refractivity contribution in [1.82, 2.24) is 10.2 Å². The van der Waals surface area contributed by atoms with E-state index in [2.05, 4.69) is 10.2 Å². The standard InChI is InChI=1S/C13H18N4OS2/c1-17(2)12-15-16-13(20-12)19-8-7-18-11-5-3-10(9-14)4-6-11/h3-6H,7-9,14H2,1-2H3. The van der Waals surface area contributed by atoms with Gasteiger partial charge in [0.05, 0.1) is 6.61 Å². The van der Waals surface area contributed by atoms with Gasteiger partial charge in [-0.3, -0.25) is 0 Å². The molecule has 2 rings (SSSR count). The first-order valence-electron chi connectivity index (χ1n) is 6.24. The number of ether oxygens (including phenoxy) is 1. The van der Waals surface area contributed by atoms with Gasteiger partial charge in [0.1, 0.15) is 5.75 Å². The van der Waals surface area contributed by atoms with Crippen LogP contribution in [0.3, 0.4) is 0 Å². The Balaban J connectivity index is 1.72. The topological polar surface area (TPSA) is 64.3 Å². The molecule has 0 amide bonds. The van der Waals surface area contributed by atoms with Gasteiger partial charge in [0.15, 0.2) is 4.34 Å². The van der Waals surface area contributed by atoms with Crippen LogP contribution in [0.25, 0.3) is 0 Å². The highest BCUT2D eigenvalue weighted by molar-refractivity contribution is 8.01. The van der Waals surface area contributed by atoms with E-state index in [1.807, 2.05) is 43.3 Å². The van der Waals surface area contributed by atoms with Gasteiger partial charge >= 0.3 is 0 Å². The lowest BCUT2D eigenvalue weighted by Crippen LogP contribution is -2.07. The summed E-state index contributed by atoms with van der Waals surface area (Å²) in [6, 6.07) is 7.86. The minimum atomic E-state index is 0.557. The monoisotopic (exact) mass is 310 g/mol. The molecule has 0 spiro atoms. The molecule has 1 aromatic heterocycles. The van der Waals surface area contributed by atoms with Gasteiger partial charge in [0.2, 0.25) is 5.13 Å². The van der Waals surface area contributed by atoms with Gasteiger partial charge in [-0.2, -0.15) is 0 Å². The Morgan fingerprint density at radius 2 is 2.00 bits per heavy atom. The fraction of sp³-hybridized carbons (Fsp3) is 0.385. The highest BCUT2D eigenvalue weighted by Crippen LogP contribution is 2.26. The largest absolute Gasteiger partial charge is 0.493 e. The lowest BCUT2D eigenvalue weighted by molar-refractivity contribution is 0.344. The zero-order chi connectivity index (χ0) is 14.4. The van der Waals surface area contributed by atoms with E-state index in [0.717, 1.165) is 26.5 Å². The second-order valence-corrected chi connectivity index (χ2v) is 6.59. The first-order chi connectivity index (χ1) is 9.69. The molecule has 0 aliphatic carbocycles. The van der Waals surface area contributed by atoms with Crippen molar-refractivity contribution in [3.05, 3.63) is 29.8 Å². The van der Waals surface area contributed by atoms with Crippen LogP contribution in [0.4, 0.5) is 5.13 Å². The van der Waals surface area contributed by atoms with Crippen molar-refractivity contribution in [2.24, 2.45) is 5.73 Å². The molecular formula is C13H18N4OS2. The van der Waals surface area contributed by atoms with Gasteiger partial charge in [-0.25, -0.2) is 0 Å². The van der Waals surface area contributed by atoms with Crippen molar-refractivity contribution in [3.63, 3.8) is 0 Å². The number of nitrogens with two attached hydrogens (primary N) is 1. The van der Waals surface area contributed by atoms with Crippen LogP contribution < -0.4 is 15.4 Å². The maximum absolute atomic E-state index is 5.67. The van der Waals surface area contributed by atoms with Crippen LogP contribution in [0.2, 0.25) is 0 Å².